The van der Waals surface area contributed by atoms with Crippen molar-refractivity contribution in [1.29, 1.82) is 0 Å². The van der Waals surface area contributed by atoms with E-state index >= 15 is 0 Å². The Kier molecular flexibility index (Phi) is 30.0. The zero-order valence-corrected chi connectivity index (χ0v) is 34.4. The number of ether oxygens (including phenoxy) is 2. The summed E-state index contributed by atoms with van der Waals surface area (Å²) < 4.78 is 33.4. The van der Waals surface area contributed by atoms with Crippen molar-refractivity contribution in [2.75, 3.05) is 13.2 Å². The van der Waals surface area contributed by atoms with Crippen molar-refractivity contribution < 1.29 is 63.1 Å². The smallest absolute Gasteiger partial charge is 0.462 e. The Morgan fingerprint density at radius 3 is 1.22 bits per heavy atom. The molecular formula is C40H77O13P. The Hall–Kier alpha value is -1.15. The maximum absolute atomic E-state index is 12.8. The molecule has 0 saturated heterocycles. The topological polar surface area (TPSA) is 210 Å². The minimum absolute atomic E-state index is 0.104. The van der Waals surface area contributed by atoms with Gasteiger partial charge in [-0.15, -0.1) is 0 Å². The number of carbonyl (C=O) groups excluding carboxylic acids is 2. The summed E-state index contributed by atoms with van der Waals surface area (Å²) in [5.74, 6) is -1.09. The van der Waals surface area contributed by atoms with E-state index in [1.807, 2.05) is 0 Å². The Morgan fingerprint density at radius 1 is 0.500 bits per heavy atom. The van der Waals surface area contributed by atoms with E-state index in [2.05, 4.69) is 13.8 Å². The molecule has 1 fully saturated rings. The van der Waals surface area contributed by atoms with Crippen LogP contribution in [0.15, 0.2) is 0 Å². The van der Waals surface area contributed by atoms with Crippen LogP contribution in [0.5, 0.6) is 0 Å². The summed E-state index contributed by atoms with van der Waals surface area (Å²) in [6.07, 6.45) is 16.0. The van der Waals surface area contributed by atoms with Crippen LogP contribution in [0.2, 0.25) is 0 Å². The number of carbonyl (C=O) groups is 2. The average molecular weight is 797 g/mol. The fourth-order valence-electron chi connectivity index (χ4n) is 6.70. The van der Waals surface area contributed by atoms with E-state index in [4.69, 9.17) is 18.5 Å². The number of unbranched alkanes of at least 4 members (excludes halogenated alkanes) is 23. The summed E-state index contributed by atoms with van der Waals surface area (Å²) in [4.78, 5) is 35.5. The summed E-state index contributed by atoms with van der Waals surface area (Å²) in [7, 11) is -5.10. The van der Waals surface area contributed by atoms with Crippen LogP contribution in [0, 0.1) is 0 Å². The first-order valence-corrected chi connectivity index (χ1v) is 22.8. The SMILES string of the molecule is CCCCCCCCCCCCCCCCC(=O)OC[C@H](COP(=O)(O)OC1C(O)C(O)C(O)[C@@H](O)C1O)OC(=O)CCCCCCCCCCCCC. The number of esters is 2. The highest BCUT2D eigenvalue weighted by Gasteiger charge is 2.51. The third-order valence-corrected chi connectivity index (χ3v) is 11.2. The number of aliphatic hydroxyl groups is 5. The molecule has 0 heterocycles. The van der Waals surface area contributed by atoms with Crippen molar-refractivity contribution in [3.8, 4) is 0 Å². The van der Waals surface area contributed by atoms with Crippen LogP contribution in [0.25, 0.3) is 0 Å². The van der Waals surface area contributed by atoms with Gasteiger partial charge in [0.05, 0.1) is 6.61 Å². The Morgan fingerprint density at radius 2 is 0.833 bits per heavy atom. The van der Waals surface area contributed by atoms with Crippen molar-refractivity contribution in [3.05, 3.63) is 0 Å². The highest BCUT2D eigenvalue weighted by Crippen LogP contribution is 2.47. The Labute approximate surface area is 325 Å². The summed E-state index contributed by atoms with van der Waals surface area (Å²) in [5, 5.41) is 50.0. The molecule has 1 aliphatic carbocycles. The van der Waals surface area contributed by atoms with E-state index < -0.39 is 75.7 Å². The second kappa shape index (κ2) is 31.9. The number of hydrogen-bond donors (Lipinski definition) is 6. The second-order valence-electron chi connectivity index (χ2n) is 15.2. The van der Waals surface area contributed by atoms with Gasteiger partial charge in [-0.05, 0) is 12.8 Å². The lowest BCUT2D eigenvalue weighted by molar-refractivity contribution is -0.220. The van der Waals surface area contributed by atoms with Gasteiger partial charge in [0.2, 0.25) is 0 Å². The lowest BCUT2D eigenvalue weighted by Crippen LogP contribution is -2.64. The largest absolute Gasteiger partial charge is 0.472 e. The standard InChI is InChI=1S/C40H77O13P/c1-3-5-7-9-11-13-15-16-17-19-20-22-24-26-28-33(41)50-30-32(52-34(42)29-27-25-23-21-18-14-12-10-8-6-4-2)31-51-54(48,49)53-40-38(46)36(44)35(43)37(45)39(40)47/h32,35-40,43-47H,3-31H2,1-2H3,(H,48,49)/t32-,35?,36-,37?,38?,39?,40?/m1/s1. The minimum atomic E-state index is -5.10. The zero-order valence-electron chi connectivity index (χ0n) is 33.5. The van der Waals surface area contributed by atoms with Gasteiger partial charge in [0, 0.05) is 12.8 Å². The van der Waals surface area contributed by atoms with Gasteiger partial charge in [-0.1, -0.05) is 162 Å². The average Bonchev–Trinajstić information content (AvgIpc) is 3.15. The highest BCUT2D eigenvalue weighted by atomic mass is 31.2. The van der Waals surface area contributed by atoms with Crippen LogP contribution in [0.3, 0.4) is 0 Å². The normalized spacial score (nSPS) is 23.2. The summed E-state index contributed by atoms with van der Waals surface area (Å²) in [6.45, 7) is 3.28. The molecule has 0 bridgehead atoms. The molecule has 1 rings (SSSR count). The fraction of sp³-hybridized carbons (Fsp3) is 0.950. The minimum Gasteiger partial charge on any atom is -0.462 e. The van der Waals surface area contributed by atoms with Crippen molar-refractivity contribution in [2.24, 2.45) is 0 Å². The first-order chi connectivity index (χ1) is 25.9. The molecule has 0 aromatic rings. The quantitative estimate of drug-likeness (QED) is 0.0211. The Bertz CT molecular complexity index is 969. The molecule has 14 heteroatoms. The maximum Gasteiger partial charge on any atom is 0.472 e. The highest BCUT2D eigenvalue weighted by molar-refractivity contribution is 7.47. The Balaban J connectivity index is 2.48. The van der Waals surface area contributed by atoms with Crippen LogP contribution >= 0.6 is 7.82 Å². The summed E-state index contributed by atoms with van der Waals surface area (Å²) in [6, 6.07) is 0. The number of rotatable bonds is 35. The van der Waals surface area contributed by atoms with Crippen molar-refractivity contribution >= 4 is 19.8 Å². The van der Waals surface area contributed by atoms with Crippen LogP contribution in [0.4, 0.5) is 0 Å². The van der Waals surface area contributed by atoms with Gasteiger partial charge < -0.3 is 39.9 Å². The van der Waals surface area contributed by atoms with Gasteiger partial charge in [0.25, 0.3) is 0 Å². The molecule has 13 nitrogen and oxygen atoms in total. The molecular weight excluding hydrogens is 719 g/mol. The van der Waals surface area contributed by atoms with E-state index in [1.54, 1.807) is 0 Å². The molecule has 1 aliphatic rings. The molecule has 6 unspecified atom stereocenters. The molecule has 320 valence electrons. The van der Waals surface area contributed by atoms with Gasteiger partial charge in [0.1, 0.15) is 43.2 Å². The molecule has 0 aromatic carbocycles. The molecule has 6 N–H and O–H groups in total. The lowest BCUT2D eigenvalue weighted by atomic mass is 9.85. The number of phosphoric acid groups is 1. The maximum atomic E-state index is 12.8. The second-order valence-corrected chi connectivity index (χ2v) is 16.6. The molecule has 0 aromatic heterocycles. The number of aliphatic hydroxyl groups excluding tert-OH is 5. The van der Waals surface area contributed by atoms with Crippen LogP contribution in [0.1, 0.15) is 187 Å². The monoisotopic (exact) mass is 797 g/mol. The fourth-order valence-corrected chi connectivity index (χ4v) is 7.67. The van der Waals surface area contributed by atoms with Gasteiger partial charge >= 0.3 is 19.8 Å². The van der Waals surface area contributed by atoms with Crippen molar-refractivity contribution in [1.82, 2.24) is 0 Å². The number of phosphoric ester groups is 1. The third-order valence-electron chi connectivity index (χ3n) is 10.2. The first kappa shape index (κ1) is 50.9. The molecule has 8 atom stereocenters. The van der Waals surface area contributed by atoms with Crippen molar-refractivity contribution in [3.63, 3.8) is 0 Å². The zero-order chi connectivity index (χ0) is 40.0. The van der Waals surface area contributed by atoms with Crippen LogP contribution in [-0.2, 0) is 32.7 Å². The first-order valence-electron chi connectivity index (χ1n) is 21.3. The lowest BCUT2D eigenvalue weighted by Gasteiger charge is -2.41. The predicted molar refractivity (Wildman–Crippen MR) is 208 cm³/mol. The molecule has 54 heavy (non-hydrogen) atoms. The van der Waals surface area contributed by atoms with Gasteiger partial charge in [-0.3, -0.25) is 18.6 Å². The van der Waals surface area contributed by atoms with E-state index in [0.717, 1.165) is 44.9 Å². The number of hydrogen-bond acceptors (Lipinski definition) is 12. The van der Waals surface area contributed by atoms with Gasteiger partial charge in [-0.2, -0.15) is 0 Å². The van der Waals surface area contributed by atoms with Gasteiger partial charge in [-0.25, -0.2) is 4.57 Å². The van der Waals surface area contributed by atoms with E-state index in [0.29, 0.717) is 12.8 Å². The van der Waals surface area contributed by atoms with E-state index in [1.165, 1.54) is 103 Å². The van der Waals surface area contributed by atoms with E-state index in [9.17, 15) is 44.6 Å². The van der Waals surface area contributed by atoms with Gasteiger partial charge in [0.15, 0.2) is 6.10 Å². The predicted octanol–water partition coefficient (Wildman–Crippen LogP) is 7.33. The molecule has 1 saturated carbocycles. The third kappa shape index (κ3) is 24.5. The molecule has 0 aliphatic heterocycles. The van der Waals surface area contributed by atoms with Crippen molar-refractivity contribution in [2.45, 2.75) is 230 Å². The van der Waals surface area contributed by atoms with Crippen LogP contribution in [-0.4, -0.2) is 98.3 Å². The summed E-state index contributed by atoms with van der Waals surface area (Å²) in [5.41, 5.74) is 0. The molecule has 0 radical (unpaired) electrons. The van der Waals surface area contributed by atoms with E-state index in [-0.39, 0.29) is 12.8 Å². The van der Waals surface area contributed by atoms with Crippen LogP contribution < -0.4 is 0 Å². The summed E-state index contributed by atoms with van der Waals surface area (Å²) >= 11 is 0. The molecule has 0 spiro atoms. The molecule has 0 amide bonds.